The highest BCUT2D eigenvalue weighted by molar-refractivity contribution is 9.10. The third-order valence-corrected chi connectivity index (χ3v) is 4.83. The van der Waals surface area contributed by atoms with E-state index in [2.05, 4.69) is 76.5 Å². The van der Waals surface area contributed by atoms with E-state index >= 15 is 0 Å². The first-order valence-electron chi connectivity index (χ1n) is 8.53. The number of aryl methyl sites for hydroxylation is 1. The van der Waals surface area contributed by atoms with Gasteiger partial charge in [0.15, 0.2) is 0 Å². The lowest BCUT2D eigenvalue weighted by molar-refractivity contribution is 0.0728. The van der Waals surface area contributed by atoms with E-state index in [1.807, 2.05) is 18.2 Å². The smallest absolute Gasteiger partial charge is 0.344 e. The predicted octanol–water partition coefficient (Wildman–Crippen LogP) is 6.57. The summed E-state index contributed by atoms with van der Waals surface area (Å²) < 4.78 is 6.72. The molecule has 0 unspecified atom stereocenters. The number of benzene rings is 2. The summed E-state index contributed by atoms with van der Waals surface area (Å²) in [5.74, 6) is 0.346. The molecule has 0 atom stereocenters. The van der Waals surface area contributed by atoms with Crippen LogP contribution in [0.15, 0.2) is 40.9 Å². The van der Waals surface area contributed by atoms with Crippen LogP contribution in [0.2, 0.25) is 0 Å². The van der Waals surface area contributed by atoms with Gasteiger partial charge in [-0.15, -0.1) is 0 Å². The molecule has 2 rings (SSSR count). The molecular weight excluding hydrogens is 376 g/mol. The highest BCUT2D eigenvalue weighted by Gasteiger charge is 2.29. The van der Waals surface area contributed by atoms with Crippen molar-refractivity contribution in [3.63, 3.8) is 0 Å². The molecular formula is C22H27BrO2. The van der Waals surface area contributed by atoms with Gasteiger partial charge in [0.05, 0.1) is 5.56 Å². The average Bonchev–Trinajstić information content (AvgIpc) is 2.46. The number of esters is 1. The fourth-order valence-corrected chi connectivity index (χ4v) is 3.22. The summed E-state index contributed by atoms with van der Waals surface area (Å²) >= 11 is 3.44. The van der Waals surface area contributed by atoms with Gasteiger partial charge in [0, 0.05) is 15.6 Å². The molecule has 3 heteroatoms. The molecule has 0 amide bonds. The topological polar surface area (TPSA) is 26.3 Å². The molecule has 0 N–H and O–H groups in total. The lowest BCUT2D eigenvalue weighted by Crippen LogP contribution is -2.22. The van der Waals surface area contributed by atoms with Crippen LogP contribution in [-0.4, -0.2) is 5.97 Å². The van der Waals surface area contributed by atoms with Gasteiger partial charge in [0.25, 0.3) is 0 Å². The number of hydrogen-bond acceptors (Lipinski definition) is 2. The van der Waals surface area contributed by atoms with Crippen molar-refractivity contribution >= 4 is 21.9 Å². The Hall–Kier alpha value is -1.61. The Labute approximate surface area is 159 Å². The third-order valence-electron chi connectivity index (χ3n) is 4.14. The third kappa shape index (κ3) is 4.52. The summed E-state index contributed by atoms with van der Waals surface area (Å²) in [7, 11) is 0. The Morgan fingerprint density at radius 3 is 1.84 bits per heavy atom. The second kappa shape index (κ2) is 6.95. The van der Waals surface area contributed by atoms with Crippen LogP contribution in [0.25, 0.3) is 0 Å². The van der Waals surface area contributed by atoms with Crippen LogP contribution in [0.5, 0.6) is 5.75 Å². The normalized spacial score (nSPS) is 12.2. The number of ether oxygens (including phenoxy) is 1. The molecule has 0 fully saturated rings. The number of carbonyl (C=O) groups excluding carboxylic acids is 1. The SMILES string of the molecule is Cc1cc(C(C)(C)C)c(OC(=O)c2ccccc2Br)c(C(C)(C)C)c1. The van der Waals surface area contributed by atoms with Gasteiger partial charge in [0.1, 0.15) is 5.75 Å². The fourth-order valence-electron chi connectivity index (χ4n) is 2.77. The summed E-state index contributed by atoms with van der Waals surface area (Å²) in [6.07, 6.45) is 0. The van der Waals surface area contributed by atoms with Crippen LogP contribution in [0.1, 0.15) is 68.6 Å². The number of halogens is 1. The average molecular weight is 403 g/mol. The van der Waals surface area contributed by atoms with E-state index in [4.69, 9.17) is 4.74 Å². The van der Waals surface area contributed by atoms with Gasteiger partial charge in [-0.1, -0.05) is 71.4 Å². The quantitative estimate of drug-likeness (QED) is 0.419. The molecule has 0 saturated carbocycles. The van der Waals surface area contributed by atoms with Crippen molar-refractivity contribution in [1.82, 2.24) is 0 Å². The highest BCUT2D eigenvalue weighted by Crippen LogP contribution is 2.41. The van der Waals surface area contributed by atoms with Crippen LogP contribution in [0.4, 0.5) is 0 Å². The molecule has 0 aliphatic carbocycles. The Balaban J connectivity index is 2.62. The number of hydrogen-bond donors (Lipinski definition) is 0. The molecule has 0 aromatic heterocycles. The first-order chi connectivity index (χ1) is 11.4. The zero-order chi connectivity index (χ0) is 19.0. The summed E-state index contributed by atoms with van der Waals surface area (Å²) in [6.45, 7) is 14.9. The molecule has 0 bridgehead atoms. The van der Waals surface area contributed by atoms with Crippen molar-refractivity contribution in [2.45, 2.75) is 59.3 Å². The van der Waals surface area contributed by atoms with Crippen LogP contribution >= 0.6 is 15.9 Å². The van der Waals surface area contributed by atoms with Gasteiger partial charge in [-0.05, 0) is 45.8 Å². The van der Waals surface area contributed by atoms with Crippen molar-refractivity contribution in [2.75, 3.05) is 0 Å². The zero-order valence-corrected chi connectivity index (χ0v) is 17.7. The molecule has 0 saturated heterocycles. The molecule has 2 aromatic carbocycles. The fraction of sp³-hybridized carbons (Fsp3) is 0.409. The minimum absolute atomic E-state index is 0.129. The second-order valence-electron chi connectivity index (χ2n) is 8.56. The Morgan fingerprint density at radius 1 is 0.920 bits per heavy atom. The maximum Gasteiger partial charge on any atom is 0.344 e. The standard InChI is InChI=1S/C22H27BrO2/c1-14-12-16(21(2,3)4)19(17(13-14)22(5,6)7)25-20(24)15-10-8-9-11-18(15)23/h8-13H,1-7H3. The van der Waals surface area contributed by atoms with E-state index in [-0.39, 0.29) is 16.8 Å². The Bertz CT molecular complexity index is 757. The number of rotatable bonds is 2. The van der Waals surface area contributed by atoms with Crippen LogP contribution in [0.3, 0.4) is 0 Å². The molecule has 0 aliphatic heterocycles. The second-order valence-corrected chi connectivity index (χ2v) is 9.41. The zero-order valence-electron chi connectivity index (χ0n) is 16.2. The molecule has 0 aliphatic rings. The first-order valence-corrected chi connectivity index (χ1v) is 9.33. The maximum absolute atomic E-state index is 12.8. The minimum atomic E-state index is -0.340. The van der Waals surface area contributed by atoms with Gasteiger partial charge >= 0.3 is 5.97 Å². The first kappa shape index (κ1) is 19.7. The number of carbonyl (C=O) groups is 1. The summed E-state index contributed by atoms with van der Waals surface area (Å²) in [5, 5.41) is 0. The minimum Gasteiger partial charge on any atom is -0.422 e. The Morgan fingerprint density at radius 2 is 1.40 bits per heavy atom. The van der Waals surface area contributed by atoms with E-state index in [0.717, 1.165) is 15.6 Å². The van der Waals surface area contributed by atoms with E-state index in [1.54, 1.807) is 6.07 Å². The van der Waals surface area contributed by atoms with Gasteiger partial charge in [-0.3, -0.25) is 0 Å². The highest BCUT2D eigenvalue weighted by atomic mass is 79.9. The van der Waals surface area contributed by atoms with E-state index in [9.17, 15) is 4.79 Å². The monoisotopic (exact) mass is 402 g/mol. The van der Waals surface area contributed by atoms with Gasteiger partial charge in [0.2, 0.25) is 0 Å². The van der Waals surface area contributed by atoms with Gasteiger partial charge in [-0.25, -0.2) is 4.79 Å². The Kier molecular flexibility index (Phi) is 5.48. The lowest BCUT2D eigenvalue weighted by Gasteiger charge is -2.29. The molecule has 2 aromatic rings. The van der Waals surface area contributed by atoms with Crippen LogP contribution in [0, 0.1) is 6.92 Å². The van der Waals surface area contributed by atoms with E-state index in [0.29, 0.717) is 11.3 Å². The molecule has 25 heavy (non-hydrogen) atoms. The lowest BCUT2D eigenvalue weighted by atomic mass is 9.78. The van der Waals surface area contributed by atoms with Crippen molar-refractivity contribution in [3.05, 3.63) is 63.1 Å². The van der Waals surface area contributed by atoms with Crippen molar-refractivity contribution < 1.29 is 9.53 Å². The summed E-state index contributed by atoms with van der Waals surface area (Å²) in [5.41, 5.74) is 3.56. The molecule has 0 radical (unpaired) electrons. The van der Waals surface area contributed by atoms with Crippen molar-refractivity contribution in [2.24, 2.45) is 0 Å². The van der Waals surface area contributed by atoms with Crippen LogP contribution < -0.4 is 4.74 Å². The summed E-state index contributed by atoms with van der Waals surface area (Å²) in [6, 6.07) is 11.6. The van der Waals surface area contributed by atoms with Crippen LogP contribution in [-0.2, 0) is 10.8 Å². The predicted molar refractivity (Wildman–Crippen MR) is 108 cm³/mol. The molecule has 0 heterocycles. The maximum atomic E-state index is 12.8. The van der Waals surface area contributed by atoms with Gasteiger partial charge < -0.3 is 4.74 Å². The van der Waals surface area contributed by atoms with Crippen molar-refractivity contribution in [1.29, 1.82) is 0 Å². The van der Waals surface area contributed by atoms with Crippen molar-refractivity contribution in [3.8, 4) is 5.75 Å². The van der Waals surface area contributed by atoms with E-state index < -0.39 is 0 Å². The van der Waals surface area contributed by atoms with Gasteiger partial charge in [-0.2, -0.15) is 0 Å². The molecule has 2 nitrogen and oxygen atoms in total. The molecule has 0 spiro atoms. The van der Waals surface area contributed by atoms with E-state index in [1.165, 1.54) is 5.56 Å². The molecule has 134 valence electrons. The summed E-state index contributed by atoms with van der Waals surface area (Å²) in [4.78, 5) is 12.8. The largest absolute Gasteiger partial charge is 0.422 e.